The molecule has 1 fully saturated rings. The molecule has 0 spiro atoms. The van der Waals surface area contributed by atoms with Crippen LogP contribution in [0.25, 0.3) is 0 Å². The first-order valence-corrected chi connectivity index (χ1v) is 6.86. The van der Waals surface area contributed by atoms with Gasteiger partial charge in [0.05, 0.1) is 22.9 Å². The van der Waals surface area contributed by atoms with E-state index in [-0.39, 0.29) is 0 Å². The maximum absolute atomic E-state index is 6.28. The van der Waals surface area contributed by atoms with Crippen molar-refractivity contribution in [3.05, 3.63) is 53.2 Å². The van der Waals surface area contributed by atoms with E-state index in [1.807, 2.05) is 6.07 Å². The van der Waals surface area contributed by atoms with E-state index in [0.29, 0.717) is 16.8 Å². The zero-order valence-electron chi connectivity index (χ0n) is 10.6. The highest BCUT2D eigenvalue weighted by Crippen LogP contribution is 2.38. The third-order valence-corrected chi connectivity index (χ3v) is 3.83. The van der Waals surface area contributed by atoms with Gasteiger partial charge in [-0.1, -0.05) is 41.9 Å². The Bertz CT molecular complexity index is 571. The molecule has 1 atom stereocenters. The van der Waals surface area contributed by atoms with Gasteiger partial charge in [0.15, 0.2) is 0 Å². The van der Waals surface area contributed by atoms with Gasteiger partial charge in [0.25, 0.3) is 0 Å². The first-order valence-electron chi connectivity index (χ1n) is 6.48. The number of nitrogens with two attached hydrogens (primary N) is 1. The third-order valence-electron chi connectivity index (χ3n) is 3.55. The molecule has 0 saturated carbocycles. The molecule has 1 saturated heterocycles. The van der Waals surface area contributed by atoms with E-state index in [1.54, 1.807) is 12.3 Å². The molecule has 1 aliphatic rings. The van der Waals surface area contributed by atoms with Crippen molar-refractivity contribution < 1.29 is 0 Å². The van der Waals surface area contributed by atoms with Crippen molar-refractivity contribution in [1.29, 1.82) is 0 Å². The molecule has 2 N–H and O–H groups in total. The standard InChI is InChI=1S/C15H16ClN3/c16-13-9-12(17)10-18-15(13)19-8-4-7-14(19)11-5-2-1-3-6-11/h1-3,5-6,9-10,14H,4,7-8,17H2. The lowest BCUT2D eigenvalue weighted by Crippen LogP contribution is -2.23. The zero-order chi connectivity index (χ0) is 13.2. The Balaban J connectivity index is 1.95. The van der Waals surface area contributed by atoms with Crippen LogP contribution >= 0.6 is 11.6 Å². The SMILES string of the molecule is Nc1cnc(N2CCCC2c2ccccc2)c(Cl)c1. The summed E-state index contributed by atoms with van der Waals surface area (Å²) in [5.74, 6) is 0.835. The number of anilines is 2. The average Bonchev–Trinajstić information content (AvgIpc) is 2.89. The fraction of sp³-hybridized carbons (Fsp3) is 0.267. The van der Waals surface area contributed by atoms with Gasteiger partial charge in [-0.2, -0.15) is 0 Å². The maximum atomic E-state index is 6.28. The molecule has 2 heterocycles. The molecule has 2 aromatic rings. The van der Waals surface area contributed by atoms with Gasteiger partial charge in [-0.15, -0.1) is 0 Å². The van der Waals surface area contributed by atoms with E-state index in [2.05, 4.69) is 34.1 Å². The molecule has 3 nitrogen and oxygen atoms in total. The number of nitrogen functional groups attached to an aromatic ring is 1. The summed E-state index contributed by atoms with van der Waals surface area (Å²) in [6.45, 7) is 0.982. The quantitative estimate of drug-likeness (QED) is 0.908. The minimum Gasteiger partial charge on any atom is -0.397 e. The van der Waals surface area contributed by atoms with Crippen LogP contribution in [0.15, 0.2) is 42.6 Å². The van der Waals surface area contributed by atoms with E-state index in [1.165, 1.54) is 5.56 Å². The third kappa shape index (κ3) is 2.38. The molecule has 1 aromatic carbocycles. The minimum atomic E-state index is 0.356. The number of aromatic nitrogens is 1. The summed E-state index contributed by atoms with van der Waals surface area (Å²) in [4.78, 5) is 6.68. The van der Waals surface area contributed by atoms with Gasteiger partial charge in [0.1, 0.15) is 5.82 Å². The summed E-state index contributed by atoms with van der Waals surface area (Å²) < 4.78 is 0. The number of rotatable bonds is 2. The Morgan fingerprint density at radius 3 is 2.79 bits per heavy atom. The average molecular weight is 274 g/mol. The summed E-state index contributed by atoms with van der Waals surface area (Å²) in [7, 11) is 0. The maximum Gasteiger partial charge on any atom is 0.148 e. The number of benzene rings is 1. The van der Waals surface area contributed by atoms with Crippen molar-refractivity contribution in [2.45, 2.75) is 18.9 Å². The second-order valence-corrected chi connectivity index (χ2v) is 5.24. The van der Waals surface area contributed by atoms with Crippen molar-refractivity contribution in [2.75, 3.05) is 17.2 Å². The van der Waals surface area contributed by atoms with Crippen LogP contribution in [0.5, 0.6) is 0 Å². The topological polar surface area (TPSA) is 42.1 Å². The Morgan fingerprint density at radius 1 is 1.26 bits per heavy atom. The summed E-state index contributed by atoms with van der Waals surface area (Å²) >= 11 is 6.28. The van der Waals surface area contributed by atoms with Crippen LogP contribution in [0, 0.1) is 0 Å². The summed E-state index contributed by atoms with van der Waals surface area (Å²) in [5.41, 5.74) is 7.62. The smallest absolute Gasteiger partial charge is 0.148 e. The van der Waals surface area contributed by atoms with Gasteiger partial charge >= 0.3 is 0 Å². The first-order chi connectivity index (χ1) is 9.25. The number of hydrogen-bond donors (Lipinski definition) is 1. The van der Waals surface area contributed by atoms with Crippen LogP contribution < -0.4 is 10.6 Å². The van der Waals surface area contributed by atoms with Crippen molar-refractivity contribution in [2.24, 2.45) is 0 Å². The highest BCUT2D eigenvalue weighted by atomic mass is 35.5. The van der Waals surface area contributed by atoms with E-state index in [0.717, 1.165) is 25.2 Å². The number of pyridine rings is 1. The van der Waals surface area contributed by atoms with Crippen molar-refractivity contribution in [1.82, 2.24) is 4.98 Å². The molecule has 0 aliphatic carbocycles. The van der Waals surface area contributed by atoms with Gasteiger partial charge in [0.2, 0.25) is 0 Å². The van der Waals surface area contributed by atoms with Gasteiger partial charge in [-0.3, -0.25) is 0 Å². The molecule has 98 valence electrons. The molecule has 19 heavy (non-hydrogen) atoms. The molecule has 1 aliphatic heterocycles. The molecule has 1 aromatic heterocycles. The number of hydrogen-bond acceptors (Lipinski definition) is 3. The van der Waals surface area contributed by atoms with E-state index in [4.69, 9.17) is 17.3 Å². The van der Waals surface area contributed by atoms with Crippen LogP contribution in [0.3, 0.4) is 0 Å². The van der Waals surface area contributed by atoms with E-state index < -0.39 is 0 Å². The van der Waals surface area contributed by atoms with Crippen LogP contribution in [-0.2, 0) is 0 Å². The Labute approximate surface area is 118 Å². The van der Waals surface area contributed by atoms with Crippen LogP contribution in [0.4, 0.5) is 11.5 Å². The summed E-state index contributed by atoms with van der Waals surface area (Å²) in [5, 5.41) is 0.628. The van der Waals surface area contributed by atoms with Gasteiger partial charge < -0.3 is 10.6 Å². The molecule has 0 bridgehead atoms. The second kappa shape index (κ2) is 5.10. The Kier molecular flexibility index (Phi) is 3.30. The Morgan fingerprint density at radius 2 is 2.05 bits per heavy atom. The van der Waals surface area contributed by atoms with Crippen molar-refractivity contribution >= 4 is 23.1 Å². The predicted molar refractivity (Wildman–Crippen MR) is 79.4 cm³/mol. The summed E-state index contributed by atoms with van der Waals surface area (Å²) in [6.07, 6.45) is 3.95. The second-order valence-electron chi connectivity index (χ2n) is 4.84. The Hall–Kier alpha value is -1.74. The fourth-order valence-electron chi connectivity index (χ4n) is 2.70. The molecule has 1 unspecified atom stereocenters. The van der Waals surface area contributed by atoms with E-state index >= 15 is 0 Å². The first kappa shape index (κ1) is 12.3. The number of nitrogens with zero attached hydrogens (tertiary/aromatic N) is 2. The van der Waals surface area contributed by atoms with Crippen molar-refractivity contribution in [3.8, 4) is 0 Å². The lowest BCUT2D eigenvalue weighted by atomic mass is 10.0. The van der Waals surface area contributed by atoms with Gasteiger partial charge in [-0.25, -0.2) is 4.98 Å². The lowest BCUT2D eigenvalue weighted by molar-refractivity contribution is 0.712. The molecule has 4 heteroatoms. The monoisotopic (exact) mass is 273 g/mol. The highest BCUT2D eigenvalue weighted by molar-refractivity contribution is 6.33. The molecular weight excluding hydrogens is 258 g/mol. The lowest BCUT2D eigenvalue weighted by Gasteiger charge is -2.27. The minimum absolute atomic E-state index is 0.356. The molecule has 0 radical (unpaired) electrons. The molecule has 0 amide bonds. The normalized spacial score (nSPS) is 18.8. The largest absolute Gasteiger partial charge is 0.397 e. The number of halogens is 1. The van der Waals surface area contributed by atoms with Gasteiger partial charge in [0, 0.05) is 6.54 Å². The predicted octanol–water partition coefficient (Wildman–Crippen LogP) is 3.66. The fourth-order valence-corrected chi connectivity index (χ4v) is 2.98. The summed E-state index contributed by atoms with van der Waals surface area (Å²) in [6, 6.07) is 12.6. The van der Waals surface area contributed by atoms with Crippen LogP contribution in [0.1, 0.15) is 24.4 Å². The van der Waals surface area contributed by atoms with Gasteiger partial charge in [-0.05, 0) is 24.5 Å². The van der Waals surface area contributed by atoms with E-state index in [9.17, 15) is 0 Å². The highest BCUT2D eigenvalue weighted by Gasteiger charge is 2.28. The van der Waals surface area contributed by atoms with Crippen molar-refractivity contribution in [3.63, 3.8) is 0 Å². The van der Waals surface area contributed by atoms with Crippen LogP contribution in [-0.4, -0.2) is 11.5 Å². The molecular formula is C15H16ClN3. The molecule has 3 rings (SSSR count). The van der Waals surface area contributed by atoms with Crippen LogP contribution in [0.2, 0.25) is 5.02 Å². The zero-order valence-corrected chi connectivity index (χ0v) is 11.3.